The van der Waals surface area contributed by atoms with Gasteiger partial charge in [-0.1, -0.05) is 0 Å². The molecule has 1 saturated heterocycles. The van der Waals surface area contributed by atoms with Gasteiger partial charge in [0.2, 0.25) is 0 Å². The first-order valence-electron chi connectivity index (χ1n) is 3.55. The van der Waals surface area contributed by atoms with Crippen molar-refractivity contribution in [2.24, 2.45) is 0 Å². The topological polar surface area (TPSA) is 31.0 Å². The Morgan fingerprint density at radius 3 is 2.90 bits per heavy atom. The van der Waals surface area contributed by atoms with Crippen LogP contribution >= 0.6 is 0 Å². The summed E-state index contributed by atoms with van der Waals surface area (Å²) in [6.07, 6.45) is 0.550. The van der Waals surface area contributed by atoms with Gasteiger partial charge in [0, 0.05) is 7.11 Å². The molecule has 3 nitrogen and oxygen atoms in total. The lowest BCUT2D eigenvalue weighted by molar-refractivity contribution is 0.00298. The molecule has 0 radical (unpaired) electrons. The Morgan fingerprint density at radius 2 is 2.40 bits per heavy atom. The minimum absolute atomic E-state index is 0.189. The van der Waals surface area contributed by atoms with Crippen molar-refractivity contribution in [1.29, 1.82) is 0 Å². The molecule has 0 unspecified atom stereocenters. The van der Waals surface area contributed by atoms with Crippen LogP contribution in [0.3, 0.4) is 0 Å². The second kappa shape index (κ2) is 3.91. The summed E-state index contributed by atoms with van der Waals surface area (Å²) in [4.78, 5) is 0. The van der Waals surface area contributed by atoms with Gasteiger partial charge in [-0.15, -0.1) is 0 Å². The number of ether oxygens (including phenoxy) is 3. The van der Waals surface area contributed by atoms with E-state index < -0.39 is 0 Å². The van der Waals surface area contributed by atoms with E-state index in [1.54, 1.807) is 7.11 Å². The van der Waals surface area contributed by atoms with Crippen molar-refractivity contribution in [3.63, 3.8) is 0 Å². The second-order valence-electron chi connectivity index (χ2n) is 2.55. The summed E-state index contributed by atoms with van der Waals surface area (Å²) in [5.41, 5.74) is 0. The number of rotatable bonds is 5. The first kappa shape index (κ1) is 7.98. The molecule has 0 aromatic heterocycles. The highest BCUT2D eigenvalue weighted by Crippen LogP contribution is 2.09. The minimum Gasteiger partial charge on any atom is -0.382 e. The lowest BCUT2D eigenvalue weighted by atomic mass is 10.4. The van der Waals surface area contributed by atoms with Gasteiger partial charge in [-0.2, -0.15) is 0 Å². The maximum absolute atomic E-state index is 5.36. The van der Waals surface area contributed by atoms with E-state index in [4.69, 9.17) is 14.2 Å². The molecule has 10 heavy (non-hydrogen) atoms. The summed E-state index contributed by atoms with van der Waals surface area (Å²) < 4.78 is 15.2. The zero-order valence-corrected chi connectivity index (χ0v) is 6.50. The normalized spacial score (nSPS) is 26.4. The van der Waals surface area contributed by atoms with Gasteiger partial charge in [0.05, 0.1) is 25.9 Å². The first-order chi connectivity index (χ1) is 4.83. The molecule has 3 heteroatoms. The average Bonchev–Trinajstić information content (AvgIpc) is 2.67. The molecule has 1 rings (SSSR count). The van der Waals surface area contributed by atoms with E-state index >= 15 is 0 Å². The molecule has 60 valence electrons. The number of epoxide rings is 1. The van der Waals surface area contributed by atoms with Crippen LogP contribution in [0.25, 0.3) is 0 Å². The largest absolute Gasteiger partial charge is 0.382 e. The Kier molecular flexibility index (Phi) is 3.12. The number of hydrogen-bond acceptors (Lipinski definition) is 3. The molecule has 0 amide bonds. The van der Waals surface area contributed by atoms with Crippen molar-refractivity contribution in [2.75, 3.05) is 26.9 Å². The van der Waals surface area contributed by atoms with Gasteiger partial charge in [-0.05, 0) is 6.92 Å². The number of methoxy groups -OCH3 is 1. The Morgan fingerprint density at radius 1 is 1.70 bits per heavy atom. The predicted octanol–water partition coefficient (Wildman–Crippen LogP) is 0.437. The van der Waals surface area contributed by atoms with Crippen LogP contribution in [0.15, 0.2) is 0 Å². The van der Waals surface area contributed by atoms with Crippen LogP contribution in [0.5, 0.6) is 0 Å². The zero-order valence-electron chi connectivity index (χ0n) is 6.50. The van der Waals surface area contributed by atoms with Crippen LogP contribution in [-0.4, -0.2) is 39.1 Å². The van der Waals surface area contributed by atoms with E-state index in [2.05, 4.69) is 0 Å². The molecule has 0 bridgehead atoms. The van der Waals surface area contributed by atoms with E-state index in [0.717, 1.165) is 6.61 Å². The fourth-order valence-electron chi connectivity index (χ4n) is 0.719. The van der Waals surface area contributed by atoms with Crippen molar-refractivity contribution in [1.82, 2.24) is 0 Å². The third kappa shape index (κ3) is 3.15. The summed E-state index contributed by atoms with van der Waals surface area (Å²) in [6, 6.07) is 0. The Balaban J connectivity index is 1.89. The monoisotopic (exact) mass is 146 g/mol. The van der Waals surface area contributed by atoms with Crippen molar-refractivity contribution >= 4 is 0 Å². The van der Waals surface area contributed by atoms with E-state index in [0.29, 0.717) is 19.3 Å². The van der Waals surface area contributed by atoms with Gasteiger partial charge in [0.15, 0.2) is 0 Å². The first-order valence-corrected chi connectivity index (χ1v) is 3.55. The van der Waals surface area contributed by atoms with Crippen LogP contribution in [0, 0.1) is 0 Å². The molecule has 0 aliphatic carbocycles. The van der Waals surface area contributed by atoms with E-state index in [-0.39, 0.29) is 6.10 Å². The summed E-state index contributed by atoms with van der Waals surface area (Å²) >= 11 is 0. The SMILES string of the molecule is COC[C@@H](C)OC[C@H]1CO1. The predicted molar refractivity (Wildman–Crippen MR) is 37.0 cm³/mol. The van der Waals surface area contributed by atoms with Crippen LogP contribution in [0.2, 0.25) is 0 Å². The Bertz CT molecular complexity index is 90.9. The maximum atomic E-state index is 5.36. The third-order valence-electron chi connectivity index (χ3n) is 1.37. The van der Waals surface area contributed by atoms with Crippen molar-refractivity contribution in [2.45, 2.75) is 19.1 Å². The molecule has 0 spiro atoms. The molecule has 0 aromatic rings. The van der Waals surface area contributed by atoms with Gasteiger partial charge in [-0.3, -0.25) is 0 Å². The van der Waals surface area contributed by atoms with Crippen LogP contribution < -0.4 is 0 Å². The third-order valence-corrected chi connectivity index (χ3v) is 1.37. The van der Waals surface area contributed by atoms with Gasteiger partial charge < -0.3 is 14.2 Å². The lowest BCUT2D eigenvalue weighted by Crippen LogP contribution is -2.17. The zero-order chi connectivity index (χ0) is 7.40. The van der Waals surface area contributed by atoms with Gasteiger partial charge in [0.25, 0.3) is 0 Å². The van der Waals surface area contributed by atoms with E-state index in [1.165, 1.54) is 0 Å². The molecule has 0 saturated carbocycles. The molecule has 0 N–H and O–H groups in total. The number of hydrogen-bond donors (Lipinski definition) is 0. The summed E-state index contributed by atoms with van der Waals surface area (Å²) in [5.74, 6) is 0. The van der Waals surface area contributed by atoms with Crippen molar-refractivity contribution in [3.05, 3.63) is 0 Å². The molecular formula is C7H14O3. The Hall–Kier alpha value is -0.120. The minimum atomic E-state index is 0.189. The average molecular weight is 146 g/mol. The summed E-state index contributed by atoms with van der Waals surface area (Å²) in [6.45, 7) is 4.23. The molecule has 1 aliphatic rings. The molecule has 2 atom stereocenters. The van der Waals surface area contributed by atoms with E-state index in [9.17, 15) is 0 Å². The van der Waals surface area contributed by atoms with Gasteiger partial charge in [0.1, 0.15) is 6.10 Å². The summed E-state index contributed by atoms with van der Waals surface area (Å²) in [7, 11) is 1.67. The molecule has 0 aromatic carbocycles. The Labute approximate surface area is 61.3 Å². The highest BCUT2D eigenvalue weighted by atomic mass is 16.6. The molecule has 1 aliphatic heterocycles. The highest BCUT2D eigenvalue weighted by Gasteiger charge is 2.23. The quantitative estimate of drug-likeness (QED) is 0.527. The van der Waals surface area contributed by atoms with Crippen LogP contribution in [-0.2, 0) is 14.2 Å². The lowest BCUT2D eigenvalue weighted by Gasteiger charge is -2.09. The van der Waals surface area contributed by atoms with Gasteiger partial charge in [-0.25, -0.2) is 0 Å². The fourth-order valence-corrected chi connectivity index (χ4v) is 0.719. The fraction of sp³-hybridized carbons (Fsp3) is 1.00. The highest BCUT2D eigenvalue weighted by molar-refractivity contribution is 4.67. The van der Waals surface area contributed by atoms with Crippen LogP contribution in [0.1, 0.15) is 6.92 Å². The van der Waals surface area contributed by atoms with E-state index in [1.807, 2.05) is 6.92 Å². The van der Waals surface area contributed by atoms with Crippen molar-refractivity contribution in [3.8, 4) is 0 Å². The smallest absolute Gasteiger partial charge is 0.104 e. The molecule has 1 heterocycles. The molecular weight excluding hydrogens is 132 g/mol. The van der Waals surface area contributed by atoms with Crippen LogP contribution in [0.4, 0.5) is 0 Å². The second-order valence-corrected chi connectivity index (χ2v) is 2.55. The van der Waals surface area contributed by atoms with Gasteiger partial charge >= 0.3 is 0 Å². The standard InChI is InChI=1S/C7H14O3/c1-6(3-8-2)9-4-7-5-10-7/h6-7H,3-5H2,1-2H3/t6-,7+/m1/s1. The van der Waals surface area contributed by atoms with Crippen molar-refractivity contribution < 1.29 is 14.2 Å². The molecule has 1 fully saturated rings. The maximum Gasteiger partial charge on any atom is 0.104 e. The summed E-state index contributed by atoms with van der Waals surface area (Å²) in [5, 5.41) is 0.